The molecule has 5 heteroatoms. The third-order valence-electron chi connectivity index (χ3n) is 4.41. The first kappa shape index (κ1) is 13.6. The van der Waals surface area contributed by atoms with Gasteiger partial charge in [-0.15, -0.1) is 0 Å². The second-order valence-electron chi connectivity index (χ2n) is 5.78. The Morgan fingerprint density at radius 3 is 2.80 bits per heavy atom. The summed E-state index contributed by atoms with van der Waals surface area (Å²) in [5, 5.41) is 0. The molecule has 0 aromatic heterocycles. The molecule has 0 aliphatic carbocycles. The Hall–Kier alpha value is -1.33. The molecular weight excluding hydrogens is 255 g/mol. The van der Waals surface area contributed by atoms with E-state index in [4.69, 9.17) is 14.2 Å². The Morgan fingerprint density at radius 2 is 2.20 bits per heavy atom. The van der Waals surface area contributed by atoms with Crippen LogP contribution in [0.2, 0.25) is 0 Å². The molecule has 106 valence electrons. The van der Waals surface area contributed by atoms with Gasteiger partial charge >= 0.3 is 5.97 Å². The number of hydrogen-bond acceptors (Lipinski definition) is 4. The highest BCUT2D eigenvalue weighted by molar-refractivity contribution is 6.11. The fraction of sp³-hybridized carbons (Fsp3) is 0.533. The smallest absolute Gasteiger partial charge is 0.309 e. The monoisotopic (exact) mass is 274 g/mol. The lowest BCUT2D eigenvalue weighted by molar-refractivity contribution is -0.160. The lowest BCUT2D eigenvalue weighted by Gasteiger charge is -2.29. The van der Waals surface area contributed by atoms with Crippen LogP contribution in [0.4, 0.5) is 0 Å². The highest BCUT2D eigenvalue weighted by Crippen LogP contribution is 2.45. The predicted molar refractivity (Wildman–Crippen MR) is 75.9 cm³/mol. The normalized spacial score (nSPS) is 35.1. The van der Waals surface area contributed by atoms with E-state index < -0.39 is 5.60 Å². The maximum absolute atomic E-state index is 12.0. The summed E-state index contributed by atoms with van der Waals surface area (Å²) in [6, 6.07) is 9.74. The number of hydrogen-bond donors (Lipinski definition) is 0. The van der Waals surface area contributed by atoms with Crippen LogP contribution in [0.1, 0.15) is 18.9 Å². The van der Waals surface area contributed by atoms with Crippen molar-refractivity contribution >= 4 is 13.8 Å². The van der Waals surface area contributed by atoms with Crippen LogP contribution in [-0.2, 0) is 25.6 Å². The summed E-state index contributed by atoms with van der Waals surface area (Å²) in [6.07, 6.45) is 0.374. The summed E-state index contributed by atoms with van der Waals surface area (Å²) in [5.74, 6) is 0.0147. The van der Waals surface area contributed by atoms with E-state index in [1.54, 1.807) is 0 Å². The fourth-order valence-corrected chi connectivity index (χ4v) is 3.22. The van der Waals surface area contributed by atoms with Crippen LogP contribution in [-0.4, -0.2) is 38.1 Å². The minimum absolute atomic E-state index is 0.0562. The van der Waals surface area contributed by atoms with Gasteiger partial charge in [0.15, 0.2) is 0 Å². The van der Waals surface area contributed by atoms with Gasteiger partial charge in [0.05, 0.1) is 25.1 Å². The van der Waals surface area contributed by atoms with Crippen molar-refractivity contribution in [2.45, 2.75) is 37.7 Å². The van der Waals surface area contributed by atoms with Crippen LogP contribution in [0.25, 0.3) is 0 Å². The lowest BCUT2D eigenvalue weighted by atomic mass is 9.84. The van der Waals surface area contributed by atoms with Gasteiger partial charge in [0, 0.05) is 5.92 Å². The number of carbonyl (C=O) groups is 1. The summed E-state index contributed by atoms with van der Waals surface area (Å²) in [6.45, 7) is 2.89. The van der Waals surface area contributed by atoms with Crippen molar-refractivity contribution in [2.24, 2.45) is 5.92 Å². The van der Waals surface area contributed by atoms with Crippen LogP contribution >= 0.6 is 0 Å². The first-order chi connectivity index (χ1) is 9.61. The molecule has 0 radical (unpaired) electrons. The second-order valence-corrected chi connectivity index (χ2v) is 5.78. The molecule has 0 spiro atoms. The summed E-state index contributed by atoms with van der Waals surface area (Å²) in [4.78, 5) is 12.0. The predicted octanol–water partition coefficient (Wildman–Crippen LogP) is 0.883. The molecule has 3 rings (SSSR count). The molecule has 2 bridgehead atoms. The molecule has 2 aliphatic heterocycles. The molecule has 1 aromatic rings. The summed E-state index contributed by atoms with van der Waals surface area (Å²) >= 11 is 0. The molecule has 0 amide bonds. The molecule has 2 aliphatic rings. The zero-order chi connectivity index (χ0) is 14.2. The zero-order valence-corrected chi connectivity index (χ0v) is 11.9. The molecular formula is C15H19BO4. The molecule has 2 fully saturated rings. The Labute approximate surface area is 119 Å². The van der Waals surface area contributed by atoms with Crippen molar-refractivity contribution in [3.05, 3.63) is 35.9 Å². The van der Waals surface area contributed by atoms with Crippen LogP contribution in [0, 0.1) is 5.92 Å². The summed E-state index contributed by atoms with van der Waals surface area (Å²) in [7, 11) is 2.00. The maximum atomic E-state index is 12.0. The Balaban J connectivity index is 1.57. The standard InChI is InChI=1S/C15H19BO4/c1-10-13-14(16)20-15(10,9-19-13)7-12(17)18-8-11-5-3-2-4-6-11/h2-6,10,13-14H,7-9,16H2,1H3/t10?,13?,14-,15+/m1/s1. The van der Waals surface area contributed by atoms with Gasteiger partial charge in [-0.3, -0.25) is 4.79 Å². The SMILES string of the molecule is B[C@@H]1O[C@@]2(CC(=O)OCc3ccccc3)COC1C2C. The van der Waals surface area contributed by atoms with Gasteiger partial charge in [-0.1, -0.05) is 37.3 Å². The summed E-state index contributed by atoms with van der Waals surface area (Å²) < 4.78 is 17.0. The van der Waals surface area contributed by atoms with Gasteiger partial charge in [-0.2, -0.15) is 0 Å². The molecule has 2 saturated heterocycles. The number of fused-ring (bicyclic) bond motifs is 2. The molecule has 20 heavy (non-hydrogen) atoms. The molecule has 1 aromatic carbocycles. The largest absolute Gasteiger partial charge is 0.461 e. The van der Waals surface area contributed by atoms with Crippen molar-refractivity contribution in [2.75, 3.05) is 6.61 Å². The molecule has 2 unspecified atom stereocenters. The number of rotatable bonds is 4. The molecule has 2 heterocycles. The van der Waals surface area contributed by atoms with E-state index in [1.165, 1.54) is 0 Å². The van der Waals surface area contributed by atoms with E-state index in [9.17, 15) is 4.79 Å². The highest BCUT2D eigenvalue weighted by Gasteiger charge is 2.58. The average Bonchev–Trinajstić information content (AvgIpc) is 2.86. The fourth-order valence-electron chi connectivity index (χ4n) is 3.22. The van der Waals surface area contributed by atoms with Crippen molar-refractivity contribution < 1.29 is 19.0 Å². The number of carbonyl (C=O) groups excluding carboxylic acids is 1. The first-order valence-electron chi connectivity index (χ1n) is 7.10. The zero-order valence-electron chi connectivity index (χ0n) is 11.9. The minimum Gasteiger partial charge on any atom is -0.461 e. The van der Waals surface area contributed by atoms with Gasteiger partial charge in [0.2, 0.25) is 0 Å². The van der Waals surface area contributed by atoms with E-state index in [-0.39, 0.29) is 30.4 Å². The Bertz CT molecular complexity index is 492. The number of ether oxygens (including phenoxy) is 3. The van der Waals surface area contributed by atoms with E-state index in [2.05, 4.69) is 6.92 Å². The summed E-state index contributed by atoms with van der Waals surface area (Å²) in [5.41, 5.74) is 0.505. The van der Waals surface area contributed by atoms with Crippen molar-refractivity contribution in [1.82, 2.24) is 0 Å². The number of benzene rings is 1. The van der Waals surface area contributed by atoms with Gasteiger partial charge in [-0.25, -0.2) is 0 Å². The third kappa shape index (κ3) is 2.36. The molecule has 0 saturated carbocycles. The van der Waals surface area contributed by atoms with Crippen LogP contribution in [0.15, 0.2) is 30.3 Å². The van der Waals surface area contributed by atoms with Crippen molar-refractivity contribution in [1.29, 1.82) is 0 Å². The topological polar surface area (TPSA) is 44.8 Å². The third-order valence-corrected chi connectivity index (χ3v) is 4.41. The van der Waals surface area contributed by atoms with E-state index in [0.29, 0.717) is 13.2 Å². The molecule has 4 atom stereocenters. The minimum atomic E-state index is -0.488. The van der Waals surface area contributed by atoms with E-state index in [0.717, 1.165) is 5.56 Å². The van der Waals surface area contributed by atoms with Crippen LogP contribution in [0.5, 0.6) is 0 Å². The Kier molecular flexibility index (Phi) is 3.56. The molecule has 0 N–H and O–H groups in total. The highest BCUT2D eigenvalue weighted by atomic mass is 16.6. The van der Waals surface area contributed by atoms with Gasteiger partial charge < -0.3 is 14.2 Å². The quantitative estimate of drug-likeness (QED) is 0.604. The number of esters is 1. The van der Waals surface area contributed by atoms with Crippen LogP contribution in [0.3, 0.4) is 0 Å². The van der Waals surface area contributed by atoms with Gasteiger partial charge in [0.25, 0.3) is 0 Å². The Morgan fingerprint density at radius 1 is 1.45 bits per heavy atom. The molecule has 4 nitrogen and oxygen atoms in total. The second kappa shape index (κ2) is 5.22. The van der Waals surface area contributed by atoms with Gasteiger partial charge in [0.1, 0.15) is 20.1 Å². The van der Waals surface area contributed by atoms with Crippen LogP contribution < -0.4 is 0 Å². The van der Waals surface area contributed by atoms with Gasteiger partial charge in [-0.05, 0) is 5.56 Å². The lowest BCUT2D eigenvalue weighted by Crippen LogP contribution is -2.40. The van der Waals surface area contributed by atoms with E-state index in [1.807, 2.05) is 38.2 Å². The first-order valence-corrected chi connectivity index (χ1v) is 7.10. The maximum Gasteiger partial charge on any atom is 0.309 e. The van der Waals surface area contributed by atoms with E-state index >= 15 is 0 Å². The van der Waals surface area contributed by atoms with Crippen molar-refractivity contribution in [3.63, 3.8) is 0 Å². The average molecular weight is 274 g/mol. The van der Waals surface area contributed by atoms with Crippen molar-refractivity contribution in [3.8, 4) is 0 Å².